The number of H-pyrrole nitrogens is 1. The summed E-state index contributed by atoms with van der Waals surface area (Å²) < 4.78 is 13.3. The lowest BCUT2D eigenvalue weighted by atomic mass is 10.1. The van der Waals surface area contributed by atoms with E-state index >= 15 is 0 Å². The highest BCUT2D eigenvalue weighted by Gasteiger charge is 2.30. The van der Waals surface area contributed by atoms with Gasteiger partial charge in [0, 0.05) is 31.4 Å². The van der Waals surface area contributed by atoms with E-state index in [2.05, 4.69) is 63.3 Å². The largest absolute Gasteiger partial charge is 0.352 e. The number of amides is 2. The van der Waals surface area contributed by atoms with Crippen LogP contribution in [0.1, 0.15) is 31.0 Å². The topological polar surface area (TPSA) is 77.2 Å². The third-order valence-corrected chi connectivity index (χ3v) is 6.67. The number of aromatic amines is 1. The Morgan fingerprint density at radius 2 is 1.86 bits per heavy atom. The molecule has 1 fully saturated rings. The molecule has 2 aromatic carbocycles. The van der Waals surface area contributed by atoms with E-state index in [-0.39, 0.29) is 23.9 Å². The number of rotatable bonds is 4. The average molecular weight is 473 g/mol. The van der Waals surface area contributed by atoms with E-state index in [0.717, 1.165) is 33.7 Å². The molecule has 3 heterocycles. The van der Waals surface area contributed by atoms with E-state index in [0.29, 0.717) is 19.6 Å². The van der Waals surface area contributed by atoms with Crippen molar-refractivity contribution in [1.82, 2.24) is 25.2 Å². The molecule has 1 aliphatic rings. The van der Waals surface area contributed by atoms with Crippen LogP contribution in [0.3, 0.4) is 0 Å². The first-order valence-electron chi connectivity index (χ1n) is 11.9. The maximum absolute atomic E-state index is 13.3. The predicted molar refractivity (Wildman–Crippen MR) is 136 cm³/mol. The normalized spacial score (nSPS) is 17.0. The van der Waals surface area contributed by atoms with Crippen LogP contribution >= 0.6 is 0 Å². The number of aryl methyl sites for hydroxylation is 1. The van der Waals surface area contributed by atoms with Crippen molar-refractivity contribution < 1.29 is 9.18 Å². The standard InChI is InChI=1S/C27H29FN6O/c1-17-4-6-20(7-5-17)19(3)31-27(35)34-13-12-33(15-18(34)2)26-23-14-24(32-25(23)29-16-30-26)21-8-10-22(28)11-9-21/h4-11,14,16,18-19H,12-13,15H2,1-3H3,(H,31,35)(H,29,30,32)/t18-,19+/m1/s1. The van der Waals surface area contributed by atoms with E-state index in [1.165, 1.54) is 17.7 Å². The second kappa shape index (κ2) is 9.37. The van der Waals surface area contributed by atoms with Crippen LogP contribution in [0.5, 0.6) is 0 Å². The molecule has 0 unspecified atom stereocenters. The van der Waals surface area contributed by atoms with Gasteiger partial charge in [0.1, 0.15) is 23.6 Å². The Labute approximate surface area is 204 Å². The number of anilines is 1. The van der Waals surface area contributed by atoms with Gasteiger partial charge in [-0.2, -0.15) is 0 Å². The minimum Gasteiger partial charge on any atom is -0.352 e. The van der Waals surface area contributed by atoms with Crippen LogP contribution in [-0.2, 0) is 0 Å². The van der Waals surface area contributed by atoms with Crippen molar-refractivity contribution >= 4 is 22.9 Å². The molecule has 8 heteroatoms. The van der Waals surface area contributed by atoms with Gasteiger partial charge in [-0.25, -0.2) is 19.2 Å². The fourth-order valence-corrected chi connectivity index (χ4v) is 4.62. The molecule has 180 valence electrons. The Morgan fingerprint density at radius 3 is 2.57 bits per heavy atom. The van der Waals surface area contributed by atoms with Gasteiger partial charge in [-0.1, -0.05) is 29.8 Å². The van der Waals surface area contributed by atoms with Gasteiger partial charge in [-0.3, -0.25) is 0 Å². The first kappa shape index (κ1) is 22.8. The molecule has 1 aliphatic heterocycles. The fraction of sp³-hybridized carbons (Fsp3) is 0.296. The summed E-state index contributed by atoms with van der Waals surface area (Å²) in [6.07, 6.45) is 1.55. The number of benzene rings is 2. The molecular weight excluding hydrogens is 443 g/mol. The zero-order valence-corrected chi connectivity index (χ0v) is 20.1. The van der Waals surface area contributed by atoms with Crippen molar-refractivity contribution in [3.63, 3.8) is 0 Å². The lowest BCUT2D eigenvalue weighted by molar-refractivity contribution is 0.168. The monoisotopic (exact) mass is 472 g/mol. The first-order valence-corrected chi connectivity index (χ1v) is 11.9. The number of urea groups is 1. The number of hydrogen-bond acceptors (Lipinski definition) is 4. The first-order chi connectivity index (χ1) is 16.9. The number of hydrogen-bond donors (Lipinski definition) is 2. The Morgan fingerprint density at radius 1 is 1.11 bits per heavy atom. The van der Waals surface area contributed by atoms with Crippen LogP contribution in [0.15, 0.2) is 60.9 Å². The van der Waals surface area contributed by atoms with Crippen LogP contribution in [0.25, 0.3) is 22.3 Å². The molecule has 1 saturated heterocycles. The van der Waals surface area contributed by atoms with Gasteiger partial charge in [0.15, 0.2) is 0 Å². The molecule has 0 radical (unpaired) electrons. The smallest absolute Gasteiger partial charge is 0.318 e. The van der Waals surface area contributed by atoms with Gasteiger partial charge >= 0.3 is 6.03 Å². The number of piperazine rings is 1. The number of carbonyl (C=O) groups excluding carboxylic acids is 1. The van der Waals surface area contributed by atoms with Crippen molar-refractivity contribution in [2.45, 2.75) is 32.9 Å². The molecular formula is C27H29FN6O. The molecule has 2 aromatic heterocycles. The predicted octanol–water partition coefficient (Wildman–Crippen LogP) is 5.05. The van der Waals surface area contributed by atoms with Crippen molar-refractivity contribution in [2.75, 3.05) is 24.5 Å². The number of fused-ring (bicyclic) bond motifs is 1. The number of nitrogens with one attached hydrogen (secondary N) is 2. The van der Waals surface area contributed by atoms with Crippen molar-refractivity contribution in [1.29, 1.82) is 0 Å². The maximum Gasteiger partial charge on any atom is 0.318 e. The molecule has 5 rings (SSSR count). The third-order valence-electron chi connectivity index (χ3n) is 6.67. The van der Waals surface area contributed by atoms with Crippen molar-refractivity contribution in [2.24, 2.45) is 0 Å². The van der Waals surface area contributed by atoms with Gasteiger partial charge < -0.3 is 20.1 Å². The molecule has 0 aliphatic carbocycles. The van der Waals surface area contributed by atoms with Crippen molar-refractivity contribution in [3.8, 4) is 11.3 Å². The highest BCUT2D eigenvalue weighted by Crippen LogP contribution is 2.30. The molecule has 7 nitrogen and oxygen atoms in total. The van der Waals surface area contributed by atoms with E-state index in [1.54, 1.807) is 18.5 Å². The van der Waals surface area contributed by atoms with Crippen LogP contribution in [-0.4, -0.2) is 51.6 Å². The number of nitrogens with zero attached hydrogens (tertiary/aromatic N) is 4. The Balaban J connectivity index is 1.30. The van der Waals surface area contributed by atoms with Crippen LogP contribution in [0, 0.1) is 12.7 Å². The van der Waals surface area contributed by atoms with Crippen LogP contribution in [0.4, 0.5) is 15.0 Å². The Bertz CT molecular complexity index is 1330. The molecule has 4 aromatic rings. The lowest BCUT2D eigenvalue weighted by Gasteiger charge is -2.40. The molecule has 0 spiro atoms. The summed E-state index contributed by atoms with van der Waals surface area (Å²) in [7, 11) is 0. The van der Waals surface area contributed by atoms with Gasteiger partial charge in [-0.05, 0) is 62.2 Å². The molecule has 35 heavy (non-hydrogen) atoms. The second-order valence-corrected chi connectivity index (χ2v) is 9.22. The third kappa shape index (κ3) is 4.69. The van der Waals surface area contributed by atoms with E-state index < -0.39 is 0 Å². The molecule has 2 amide bonds. The summed E-state index contributed by atoms with van der Waals surface area (Å²) in [5, 5.41) is 4.04. The summed E-state index contributed by atoms with van der Waals surface area (Å²) in [6.45, 7) is 8.04. The molecule has 0 saturated carbocycles. The minimum absolute atomic E-state index is 0.00879. The van der Waals surface area contributed by atoms with Crippen LogP contribution in [0.2, 0.25) is 0 Å². The summed E-state index contributed by atoms with van der Waals surface area (Å²) in [4.78, 5) is 29.4. The number of carbonyl (C=O) groups is 1. The van der Waals surface area contributed by atoms with E-state index in [9.17, 15) is 9.18 Å². The van der Waals surface area contributed by atoms with Crippen LogP contribution < -0.4 is 10.2 Å². The molecule has 2 atom stereocenters. The lowest BCUT2D eigenvalue weighted by Crippen LogP contribution is -2.57. The summed E-state index contributed by atoms with van der Waals surface area (Å²) in [5.41, 5.74) is 4.76. The molecule has 0 bridgehead atoms. The van der Waals surface area contributed by atoms with Gasteiger partial charge in [0.05, 0.1) is 11.4 Å². The highest BCUT2D eigenvalue weighted by molar-refractivity contribution is 5.92. The summed E-state index contributed by atoms with van der Waals surface area (Å²) in [6, 6.07) is 16.5. The zero-order valence-electron chi connectivity index (χ0n) is 20.1. The van der Waals surface area contributed by atoms with Gasteiger partial charge in [0.2, 0.25) is 0 Å². The number of halogens is 1. The maximum atomic E-state index is 13.3. The van der Waals surface area contributed by atoms with Gasteiger partial charge in [-0.15, -0.1) is 0 Å². The fourth-order valence-electron chi connectivity index (χ4n) is 4.62. The van der Waals surface area contributed by atoms with Crippen molar-refractivity contribution in [3.05, 3.63) is 77.9 Å². The Kier molecular flexibility index (Phi) is 6.11. The highest BCUT2D eigenvalue weighted by atomic mass is 19.1. The number of aromatic nitrogens is 3. The van der Waals surface area contributed by atoms with E-state index in [4.69, 9.17) is 0 Å². The second-order valence-electron chi connectivity index (χ2n) is 9.22. The quantitative estimate of drug-likeness (QED) is 0.436. The minimum atomic E-state index is -0.269. The zero-order chi connectivity index (χ0) is 24.5. The summed E-state index contributed by atoms with van der Waals surface area (Å²) in [5.74, 6) is 0.564. The average Bonchev–Trinajstić information content (AvgIpc) is 3.29. The Hall–Kier alpha value is -3.94. The SMILES string of the molecule is Cc1ccc([C@H](C)NC(=O)N2CCN(c3ncnc4[nH]c(-c5ccc(F)cc5)cc34)C[C@H]2C)cc1. The summed E-state index contributed by atoms with van der Waals surface area (Å²) >= 11 is 0. The molecule has 2 N–H and O–H groups in total. The van der Waals surface area contributed by atoms with Gasteiger partial charge in [0.25, 0.3) is 0 Å². The van der Waals surface area contributed by atoms with E-state index in [1.807, 2.05) is 17.9 Å².